The van der Waals surface area contributed by atoms with E-state index in [9.17, 15) is 13.2 Å². The van der Waals surface area contributed by atoms with E-state index in [4.69, 9.17) is 0 Å². The zero-order valence-electron chi connectivity index (χ0n) is 14.9. The maximum Gasteiger partial charge on any atom is 0.178 e. The molecule has 2 aromatic rings. The summed E-state index contributed by atoms with van der Waals surface area (Å²) >= 11 is 0. The summed E-state index contributed by atoms with van der Waals surface area (Å²) in [7, 11) is -2.94. The van der Waals surface area contributed by atoms with Crippen LogP contribution in [-0.4, -0.2) is 42.9 Å². The van der Waals surface area contributed by atoms with Crippen LogP contribution in [0.4, 0.5) is 0 Å². The van der Waals surface area contributed by atoms with E-state index in [2.05, 4.69) is 22.0 Å². The van der Waals surface area contributed by atoms with Gasteiger partial charge in [-0.05, 0) is 45.4 Å². The van der Waals surface area contributed by atoms with Crippen LogP contribution in [0.1, 0.15) is 33.7 Å². The summed E-state index contributed by atoms with van der Waals surface area (Å²) in [5.41, 5.74) is 4.83. The van der Waals surface area contributed by atoms with Gasteiger partial charge < -0.3 is 9.88 Å². The molecule has 1 aliphatic rings. The fourth-order valence-corrected chi connectivity index (χ4v) is 5.13. The minimum Gasteiger partial charge on any atom is -0.318 e. The Labute approximate surface area is 149 Å². The van der Waals surface area contributed by atoms with Crippen molar-refractivity contribution in [2.75, 3.05) is 18.1 Å². The fraction of sp³-hybridized carbons (Fsp3) is 0.421. The highest BCUT2D eigenvalue weighted by Crippen LogP contribution is 2.21. The predicted octanol–water partition coefficient (Wildman–Crippen LogP) is 2.36. The maximum atomic E-state index is 12.6. The first-order chi connectivity index (χ1) is 11.8. The number of sulfone groups is 1. The molecule has 1 atom stereocenters. The number of rotatable bonds is 5. The number of Topliss-reactive ketones (excluding diaryl/α,β-unsaturated/α-hetero) is 1. The molecule has 0 amide bonds. The molecule has 0 aliphatic carbocycles. The van der Waals surface area contributed by atoms with Gasteiger partial charge in [0.25, 0.3) is 0 Å². The van der Waals surface area contributed by atoms with Gasteiger partial charge in [0.1, 0.15) is 0 Å². The van der Waals surface area contributed by atoms with E-state index in [1.165, 1.54) is 5.56 Å². The molecule has 5 nitrogen and oxygen atoms in total. The van der Waals surface area contributed by atoms with E-state index >= 15 is 0 Å². The van der Waals surface area contributed by atoms with Gasteiger partial charge in [-0.1, -0.05) is 17.7 Å². The lowest BCUT2D eigenvalue weighted by Gasteiger charge is -2.11. The van der Waals surface area contributed by atoms with Gasteiger partial charge in [0.15, 0.2) is 15.6 Å². The second-order valence-corrected chi connectivity index (χ2v) is 9.09. The normalized spacial score (nSPS) is 19.2. The molecule has 0 saturated carbocycles. The van der Waals surface area contributed by atoms with E-state index < -0.39 is 9.84 Å². The lowest BCUT2D eigenvalue weighted by atomic mass is 10.1. The first-order valence-corrected chi connectivity index (χ1v) is 10.3. The standard InChI is InChI=1S/C19H24N2O3S/c1-13-4-6-17(7-5-13)21-14(2)10-18(15(21)3)19(22)11-20-16-8-9-25(23,24)12-16/h4-7,10,16,20H,8-9,11-12H2,1-3H3. The Hall–Kier alpha value is -1.92. The fourth-order valence-electron chi connectivity index (χ4n) is 3.42. The van der Waals surface area contributed by atoms with Crippen LogP contribution in [-0.2, 0) is 9.84 Å². The maximum absolute atomic E-state index is 12.6. The Balaban J connectivity index is 1.75. The lowest BCUT2D eigenvalue weighted by Crippen LogP contribution is -2.34. The van der Waals surface area contributed by atoms with Gasteiger partial charge in [0, 0.05) is 28.7 Å². The molecular weight excluding hydrogens is 336 g/mol. The van der Waals surface area contributed by atoms with Crippen LogP contribution in [0.3, 0.4) is 0 Å². The van der Waals surface area contributed by atoms with Gasteiger partial charge in [0.2, 0.25) is 0 Å². The summed E-state index contributed by atoms with van der Waals surface area (Å²) < 4.78 is 25.1. The quantitative estimate of drug-likeness (QED) is 0.831. The van der Waals surface area contributed by atoms with Gasteiger partial charge in [-0.15, -0.1) is 0 Å². The average Bonchev–Trinajstić information content (AvgIpc) is 3.05. The molecule has 0 bridgehead atoms. The van der Waals surface area contributed by atoms with Crippen molar-refractivity contribution in [3.05, 3.63) is 52.8 Å². The van der Waals surface area contributed by atoms with Gasteiger partial charge in [-0.2, -0.15) is 0 Å². The van der Waals surface area contributed by atoms with Crippen molar-refractivity contribution in [1.82, 2.24) is 9.88 Å². The van der Waals surface area contributed by atoms with Gasteiger partial charge in [0.05, 0.1) is 18.1 Å². The number of benzene rings is 1. The van der Waals surface area contributed by atoms with E-state index in [1.54, 1.807) is 0 Å². The molecule has 2 heterocycles. The number of aryl methyl sites for hydroxylation is 2. The highest BCUT2D eigenvalue weighted by atomic mass is 32.2. The highest BCUT2D eigenvalue weighted by molar-refractivity contribution is 7.91. The van der Waals surface area contributed by atoms with Crippen molar-refractivity contribution in [2.24, 2.45) is 0 Å². The summed E-state index contributed by atoms with van der Waals surface area (Å²) in [6.07, 6.45) is 0.581. The van der Waals surface area contributed by atoms with Crippen LogP contribution in [0, 0.1) is 20.8 Å². The molecule has 1 fully saturated rings. The van der Waals surface area contributed by atoms with Crippen LogP contribution in [0.5, 0.6) is 0 Å². The molecule has 0 spiro atoms. The first-order valence-electron chi connectivity index (χ1n) is 8.50. The Kier molecular flexibility index (Phi) is 4.84. The van der Waals surface area contributed by atoms with Crippen molar-refractivity contribution in [3.63, 3.8) is 0 Å². The zero-order valence-corrected chi connectivity index (χ0v) is 15.7. The van der Waals surface area contributed by atoms with Crippen LogP contribution < -0.4 is 5.32 Å². The number of nitrogens with one attached hydrogen (secondary N) is 1. The molecule has 0 radical (unpaired) electrons. The van der Waals surface area contributed by atoms with Crippen molar-refractivity contribution < 1.29 is 13.2 Å². The van der Waals surface area contributed by atoms with Crippen LogP contribution in [0.25, 0.3) is 5.69 Å². The summed E-state index contributed by atoms with van der Waals surface area (Å²) in [5.74, 6) is 0.333. The van der Waals surface area contributed by atoms with Crippen molar-refractivity contribution >= 4 is 15.6 Å². The molecule has 1 N–H and O–H groups in total. The minimum absolute atomic E-state index is 0.00393. The largest absolute Gasteiger partial charge is 0.318 e. The van der Waals surface area contributed by atoms with Crippen molar-refractivity contribution in [3.8, 4) is 5.69 Å². The van der Waals surface area contributed by atoms with Crippen molar-refractivity contribution in [2.45, 2.75) is 33.2 Å². The number of carbonyl (C=O) groups excluding carboxylic acids is 1. The Bertz CT molecular complexity index is 895. The molecular formula is C19H24N2O3S. The van der Waals surface area contributed by atoms with Gasteiger partial charge in [-0.25, -0.2) is 8.42 Å². The number of aromatic nitrogens is 1. The zero-order chi connectivity index (χ0) is 18.2. The van der Waals surface area contributed by atoms with Crippen LogP contribution >= 0.6 is 0 Å². The Morgan fingerprint density at radius 2 is 1.88 bits per heavy atom. The van der Waals surface area contributed by atoms with Gasteiger partial charge in [-0.3, -0.25) is 4.79 Å². The van der Waals surface area contributed by atoms with E-state index in [1.807, 2.05) is 39.0 Å². The van der Waals surface area contributed by atoms with E-state index in [0.717, 1.165) is 17.1 Å². The average molecular weight is 360 g/mol. The summed E-state index contributed by atoms with van der Waals surface area (Å²) in [5, 5.41) is 3.10. The Morgan fingerprint density at radius 1 is 1.20 bits per heavy atom. The molecule has 1 aliphatic heterocycles. The molecule has 6 heteroatoms. The molecule has 134 valence electrons. The third-order valence-corrected chi connectivity index (χ3v) is 6.58. The van der Waals surface area contributed by atoms with E-state index in [-0.39, 0.29) is 29.9 Å². The Morgan fingerprint density at radius 3 is 2.48 bits per heavy atom. The van der Waals surface area contributed by atoms with Crippen LogP contribution in [0.2, 0.25) is 0 Å². The summed E-state index contributed by atoms with van der Waals surface area (Å²) in [6.45, 7) is 6.14. The van der Waals surface area contributed by atoms with E-state index in [0.29, 0.717) is 12.0 Å². The van der Waals surface area contributed by atoms with Crippen molar-refractivity contribution in [1.29, 1.82) is 0 Å². The smallest absolute Gasteiger partial charge is 0.178 e. The minimum atomic E-state index is -2.94. The topological polar surface area (TPSA) is 68.2 Å². The molecule has 3 rings (SSSR count). The van der Waals surface area contributed by atoms with Crippen LogP contribution in [0.15, 0.2) is 30.3 Å². The molecule has 25 heavy (non-hydrogen) atoms. The number of carbonyl (C=O) groups is 1. The second-order valence-electron chi connectivity index (χ2n) is 6.86. The highest BCUT2D eigenvalue weighted by Gasteiger charge is 2.28. The van der Waals surface area contributed by atoms with Gasteiger partial charge >= 0.3 is 0 Å². The second kappa shape index (κ2) is 6.77. The lowest BCUT2D eigenvalue weighted by molar-refractivity contribution is 0.0987. The molecule has 1 unspecified atom stereocenters. The summed E-state index contributed by atoms with van der Waals surface area (Å²) in [4.78, 5) is 12.6. The molecule has 1 saturated heterocycles. The monoisotopic (exact) mass is 360 g/mol. The third kappa shape index (κ3) is 3.85. The predicted molar refractivity (Wildman–Crippen MR) is 99.4 cm³/mol. The number of nitrogens with zero attached hydrogens (tertiary/aromatic N) is 1. The molecule has 1 aromatic carbocycles. The first kappa shape index (κ1) is 17.9. The summed E-state index contributed by atoms with van der Waals surface area (Å²) in [6, 6.07) is 9.99. The molecule has 1 aromatic heterocycles. The number of hydrogen-bond donors (Lipinski definition) is 1. The number of hydrogen-bond acceptors (Lipinski definition) is 4. The number of ketones is 1. The third-order valence-electron chi connectivity index (χ3n) is 4.81. The SMILES string of the molecule is Cc1ccc(-n2c(C)cc(C(=O)CNC3CCS(=O)(=O)C3)c2C)cc1.